The van der Waals surface area contributed by atoms with Crippen LogP contribution in [0.25, 0.3) is 6.08 Å². The molecule has 13 nitrogen and oxygen atoms in total. The highest BCUT2D eigenvalue weighted by Gasteiger charge is 2.34. The van der Waals surface area contributed by atoms with E-state index >= 15 is 0 Å². The van der Waals surface area contributed by atoms with Crippen LogP contribution >= 0.6 is 23.2 Å². The number of rotatable bonds is 9. The Bertz CT molecular complexity index is 1550. The monoisotopic (exact) mass is 644 g/mol. The highest BCUT2D eigenvalue weighted by Crippen LogP contribution is 2.35. The summed E-state index contributed by atoms with van der Waals surface area (Å²) in [5.41, 5.74) is 1.88. The number of nitrogens with one attached hydrogen (secondary N) is 2. The Labute approximate surface area is 263 Å². The van der Waals surface area contributed by atoms with E-state index < -0.39 is 30.1 Å². The lowest BCUT2D eigenvalue weighted by Crippen LogP contribution is -2.51. The minimum Gasteiger partial charge on any atom is -0.480 e. The van der Waals surface area contributed by atoms with Crippen molar-refractivity contribution in [1.82, 2.24) is 20.4 Å². The maximum absolute atomic E-state index is 13.3. The van der Waals surface area contributed by atoms with Gasteiger partial charge in [-0.2, -0.15) is 5.26 Å². The third-order valence-electron chi connectivity index (χ3n) is 7.24. The van der Waals surface area contributed by atoms with Crippen molar-refractivity contribution >= 4 is 53.0 Å². The number of carboxylic acids is 1. The number of amides is 2. The van der Waals surface area contributed by atoms with Gasteiger partial charge in [0.05, 0.1) is 28.0 Å². The van der Waals surface area contributed by atoms with E-state index in [1.54, 1.807) is 40.3 Å². The molecule has 15 heteroatoms. The summed E-state index contributed by atoms with van der Waals surface area (Å²) in [6.45, 7) is 4.06. The standard InChI is InChI=1S/C29H30Cl2N6O7/c1-3-4-5-16-8-22(44-14-16)27(40)36-7-6-18-17(11-36)9-19(30)24(25(18)31)26(39)35-20(28(41)42)10-33-29(34-15-32)37-12-21(38)23(13-37)43-2/h3-5,8-9,14,20-21,23,38H,1,6-7,10-13H2,2H3,(H,33,34)(H,35,39)(H,41,42)/b5-4-/t20-,21+,23+/m0/s1. The van der Waals surface area contributed by atoms with Crippen molar-refractivity contribution in [2.75, 3.05) is 33.3 Å². The zero-order valence-electron chi connectivity index (χ0n) is 23.6. The molecule has 4 rings (SSSR count). The Morgan fingerprint density at radius 2 is 2.09 bits per heavy atom. The summed E-state index contributed by atoms with van der Waals surface area (Å²) in [7, 11) is 1.44. The van der Waals surface area contributed by atoms with Gasteiger partial charge in [-0.15, -0.1) is 4.99 Å². The summed E-state index contributed by atoms with van der Waals surface area (Å²) in [6.07, 6.45) is 7.17. The number of carboxylic acid groups (broad SMARTS) is 1. The van der Waals surface area contributed by atoms with Gasteiger partial charge in [0, 0.05) is 45.4 Å². The van der Waals surface area contributed by atoms with Crippen molar-refractivity contribution in [3.8, 4) is 6.19 Å². The summed E-state index contributed by atoms with van der Waals surface area (Å²) >= 11 is 13.1. The van der Waals surface area contributed by atoms with Crippen molar-refractivity contribution in [3.05, 3.63) is 75.2 Å². The molecule has 3 atom stereocenters. The van der Waals surface area contributed by atoms with E-state index in [1.165, 1.54) is 19.4 Å². The van der Waals surface area contributed by atoms with E-state index in [2.05, 4.69) is 22.2 Å². The molecular formula is C29H30Cl2N6O7. The number of aliphatic imine (C=N–C) groups is 1. The summed E-state index contributed by atoms with van der Waals surface area (Å²) < 4.78 is 10.6. The fourth-order valence-corrected chi connectivity index (χ4v) is 5.74. The number of carbonyl (C=O) groups is 3. The lowest BCUT2D eigenvalue weighted by molar-refractivity contribution is -0.139. The number of fused-ring (bicyclic) bond motifs is 1. The number of nitrogens with zero attached hydrogens (tertiary/aromatic N) is 4. The van der Waals surface area contributed by atoms with E-state index in [0.717, 1.165) is 0 Å². The van der Waals surface area contributed by atoms with Crippen LogP contribution in [0.1, 0.15) is 37.6 Å². The van der Waals surface area contributed by atoms with Crippen LogP contribution in [0.5, 0.6) is 0 Å². The Balaban J connectivity index is 1.45. The molecule has 0 unspecified atom stereocenters. The topological polar surface area (TPSA) is 181 Å². The van der Waals surface area contributed by atoms with Crippen LogP contribution in [0.3, 0.4) is 0 Å². The molecule has 1 fully saturated rings. The molecule has 0 radical (unpaired) electrons. The average Bonchev–Trinajstić information content (AvgIpc) is 3.62. The molecule has 0 spiro atoms. The van der Waals surface area contributed by atoms with Crippen molar-refractivity contribution in [1.29, 1.82) is 5.26 Å². The number of aliphatic hydroxyl groups is 1. The fourth-order valence-electron chi connectivity index (χ4n) is 4.97. The van der Waals surface area contributed by atoms with Crippen LogP contribution in [-0.4, -0.2) is 95.3 Å². The molecule has 1 saturated heterocycles. The second kappa shape index (κ2) is 14.4. The first-order chi connectivity index (χ1) is 21.1. The van der Waals surface area contributed by atoms with Crippen molar-refractivity contribution in [2.45, 2.75) is 31.2 Å². The molecular weight excluding hydrogens is 615 g/mol. The van der Waals surface area contributed by atoms with Crippen LogP contribution in [0.15, 0.2) is 46.5 Å². The third-order valence-corrected chi connectivity index (χ3v) is 7.95. The maximum atomic E-state index is 13.3. The predicted molar refractivity (Wildman–Crippen MR) is 161 cm³/mol. The molecule has 0 aliphatic carbocycles. The molecule has 2 aliphatic rings. The predicted octanol–water partition coefficient (Wildman–Crippen LogP) is 2.29. The quantitative estimate of drug-likeness (QED) is 0.137. The van der Waals surface area contributed by atoms with E-state index in [4.69, 9.17) is 37.6 Å². The first-order valence-corrected chi connectivity index (χ1v) is 14.2. The number of aliphatic carboxylic acids is 1. The van der Waals surface area contributed by atoms with Crippen molar-refractivity contribution < 1.29 is 33.8 Å². The summed E-state index contributed by atoms with van der Waals surface area (Å²) in [6, 6.07) is 1.69. The number of hydrogen-bond acceptors (Lipinski definition) is 8. The Hall–Kier alpha value is -4.35. The Morgan fingerprint density at radius 1 is 1.32 bits per heavy atom. The molecule has 1 aromatic heterocycles. The summed E-state index contributed by atoms with van der Waals surface area (Å²) in [5.74, 6) is -2.31. The number of hydrogen-bond donors (Lipinski definition) is 4. The number of guanidine groups is 1. The molecule has 0 saturated carbocycles. The van der Waals surface area contributed by atoms with Gasteiger partial charge in [-0.3, -0.25) is 9.59 Å². The number of carbonyl (C=O) groups excluding carboxylic acids is 2. The number of aliphatic hydroxyl groups excluding tert-OH is 1. The van der Waals surface area contributed by atoms with Crippen molar-refractivity contribution in [3.63, 3.8) is 0 Å². The number of β-amino-alcohol motifs (C(OH)–C–C–N with tert-alkyl or cyclic N) is 1. The molecule has 2 amide bonds. The van der Waals surface area contributed by atoms with Crippen LogP contribution in [0, 0.1) is 11.5 Å². The minimum atomic E-state index is -1.46. The average molecular weight is 646 g/mol. The van der Waals surface area contributed by atoms with Crippen LogP contribution in [-0.2, 0) is 22.5 Å². The Kier molecular flexibility index (Phi) is 10.7. The first-order valence-electron chi connectivity index (χ1n) is 13.4. The highest BCUT2D eigenvalue weighted by atomic mass is 35.5. The Morgan fingerprint density at radius 3 is 2.75 bits per heavy atom. The van der Waals surface area contributed by atoms with Crippen LogP contribution in [0.2, 0.25) is 10.0 Å². The third kappa shape index (κ3) is 7.23. The van der Waals surface area contributed by atoms with Gasteiger partial charge in [-0.25, -0.2) is 4.79 Å². The van der Waals surface area contributed by atoms with E-state index in [1.807, 2.05) is 0 Å². The number of likely N-dealkylation sites (tertiary alicyclic amines) is 1. The maximum Gasteiger partial charge on any atom is 0.328 e. The second-order valence-electron chi connectivity index (χ2n) is 10.0. The zero-order chi connectivity index (χ0) is 32.0. The smallest absolute Gasteiger partial charge is 0.328 e. The van der Waals surface area contributed by atoms with Gasteiger partial charge in [0.2, 0.25) is 12.2 Å². The lowest BCUT2D eigenvalue weighted by atomic mass is 9.96. The van der Waals surface area contributed by atoms with Crippen LogP contribution < -0.4 is 10.6 Å². The van der Waals surface area contributed by atoms with Gasteiger partial charge >= 0.3 is 5.97 Å². The fraction of sp³-hybridized carbons (Fsp3) is 0.345. The number of halogens is 2. The van der Waals surface area contributed by atoms with Gasteiger partial charge in [-0.1, -0.05) is 48.0 Å². The summed E-state index contributed by atoms with van der Waals surface area (Å²) in [5, 5.41) is 34.2. The highest BCUT2D eigenvalue weighted by molar-refractivity contribution is 6.40. The molecule has 2 aromatic rings. The second-order valence-corrected chi connectivity index (χ2v) is 10.8. The minimum absolute atomic E-state index is 0.0177. The van der Waals surface area contributed by atoms with Gasteiger partial charge in [0.15, 0.2) is 5.76 Å². The van der Waals surface area contributed by atoms with Gasteiger partial charge in [-0.05, 0) is 29.7 Å². The van der Waals surface area contributed by atoms with E-state index in [9.17, 15) is 24.6 Å². The number of nitriles is 1. The number of furan rings is 1. The number of allylic oxidation sites excluding steroid dienone is 2. The number of benzene rings is 1. The molecule has 2 aliphatic heterocycles. The van der Waals surface area contributed by atoms with Gasteiger partial charge in [0.1, 0.15) is 12.1 Å². The van der Waals surface area contributed by atoms with Crippen molar-refractivity contribution in [2.24, 2.45) is 4.99 Å². The molecule has 0 bridgehead atoms. The number of ether oxygens (including phenoxy) is 1. The molecule has 1 aromatic carbocycles. The van der Waals surface area contributed by atoms with Gasteiger partial charge < -0.3 is 39.8 Å². The normalized spacial score (nSPS) is 18.9. The largest absolute Gasteiger partial charge is 0.480 e. The lowest BCUT2D eigenvalue weighted by Gasteiger charge is -2.30. The summed E-state index contributed by atoms with van der Waals surface area (Å²) in [4.78, 5) is 45.2. The molecule has 3 heterocycles. The van der Waals surface area contributed by atoms with E-state index in [0.29, 0.717) is 29.7 Å². The molecule has 232 valence electrons. The van der Waals surface area contributed by atoms with Crippen LogP contribution in [0.4, 0.5) is 0 Å². The first kappa shape index (κ1) is 32.6. The number of methoxy groups -OCH3 is 1. The van der Waals surface area contributed by atoms with E-state index in [-0.39, 0.29) is 59.4 Å². The molecule has 44 heavy (non-hydrogen) atoms. The molecule has 4 N–H and O–H groups in total. The van der Waals surface area contributed by atoms with Gasteiger partial charge in [0.25, 0.3) is 11.8 Å². The SMILES string of the molecule is C=C/C=C\c1coc(C(=O)N2CCc3c(cc(Cl)c(C(=O)N[C@@H](CN/C(=N\C#N)N4C[C@@H](O)[C@H](OC)C4)C(=O)O)c3Cl)C2)c1. The zero-order valence-corrected chi connectivity index (χ0v) is 25.1.